The van der Waals surface area contributed by atoms with Gasteiger partial charge in [0.1, 0.15) is 10.8 Å². The number of hydrogen-bond acceptors (Lipinski definition) is 7. The third-order valence-electron chi connectivity index (χ3n) is 2.38. The van der Waals surface area contributed by atoms with Crippen LogP contribution in [0.5, 0.6) is 0 Å². The fraction of sp³-hybridized carbons (Fsp3) is 0.300. The highest BCUT2D eigenvalue weighted by molar-refractivity contribution is 7.99. The molecule has 0 spiro atoms. The van der Waals surface area contributed by atoms with Crippen LogP contribution >= 0.6 is 11.8 Å². The zero-order valence-corrected chi connectivity index (χ0v) is 11.4. The standard InChI is InChI=1S/C10H12N6O3S/c1-2-3-15-9(17)13-14-10(15)20-8-5-6(16(18)19)4-7(11)12-8/h4-5H,2-3H2,1H3,(H2,11,12)(H,13,17). The lowest BCUT2D eigenvalue weighted by atomic mass is 10.4. The average molecular weight is 296 g/mol. The maximum Gasteiger partial charge on any atom is 0.343 e. The van der Waals surface area contributed by atoms with Gasteiger partial charge < -0.3 is 5.73 Å². The number of rotatable bonds is 5. The molecule has 0 aliphatic heterocycles. The van der Waals surface area contributed by atoms with Gasteiger partial charge in [0, 0.05) is 12.6 Å². The number of pyridine rings is 1. The summed E-state index contributed by atoms with van der Waals surface area (Å²) in [4.78, 5) is 25.7. The van der Waals surface area contributed by atoms with E-state index < -0.39 is 4.92 Å². The summed E-state index contributed by atoms with van der Waals surface area (Å²) in [5.41, 5.74) is 5.05. The van der Waals surface area contributed by atoms with E-state index in [1.54, 1.807) is 0 Å². The Bertz CT molecular complexity index is 695. The number of anilines is 1. The van der Waals surface area contributed by atoms with Crippen molar-refractivity contribution in [1.29, 1.82) is 0 Å². The van der Waals surface area contributed by atoms with E-state index in [4.69, 9.17) is 5.73 Å². The van der Waals surface area contributed by atoms with Crippen molar-refractivity contribution < 1.29 is 4.92 Å². The zero-order chi connectivity index (χ0) is 14.7. The molecule has 0 aliphatic rings. The minimum absolute atomic E-state index is 0.0432. The second-order valence-corrected chi connectivity index (χ2v) is 4.90. The highest BCUT2D eigenvalue weighted by Gasteiger charge is 2.14. The molecule has 2 aromatic rings. The number of aromatic amines is 1. The molecule has 2 aromatic heterocycles. The van der Waals surface area contributed by atoms with Crippen molar-refractivity contribution in [3.05, 3.63) is 32.7 Å². The molecule has 20 heavy (non-hydrogen) atoms. The fourth-order valence-corrected chi connectivity index (χ4v) is 2.46. The quantitative estimate of drug-likeness (QED) is 0.621. The third kappa shape index (κ3) is 2.96. The van der Waals surface area contributed by atoms with E-state index in [9.17, 15) is 14.9 Å². The summed E-state index contributed by atoms with van der Waals surface area (Å²) in [7, 11) is 0. The third-order valence-corrected chi connectivity index (χ3v) is 3.30. The Hall–Kier alpha value is -2.36. The van der Waals surface area contributed by atoms with Crippen molar-refractivity contribution in [2.45, 2.75) is 30.1 Å². The van der Waals surface area contributed by atoms with Crippen molar-refractivity contribution in [3.63, 3.8) is 0 Å². The second-order valence-electron chi connectivity index (χ2n) is 3.91. The first-order valence-corrected chi connectivity index (χ1v) is 6.58. The molecule has 0 bridgehead atoms. The number of nitro groups is 1. The molecule has 106 valence electrons. The maximum atomic E-state index is 11.5. The van der Waals surface area contributed by atoms with E-state index in [-0.39, 0.29) is 17.2 Å². The van der Waals surface area contributed by atoms with Crippen molar-refractivity contribution in [2.24, 2.45) is 0 Å². The van der Waals surface area contributed by atoms with E-state index in [1.807, 2.05) is 6.92 Å². The number of nitrogens with two attached hydrogens (primary N) is 1. The van der Waals surface area contributed by atoms with E-state index in [2.05, 4.69) is 15.2 Å². The van der Waals surface area contributed by atoms with Crippen LogP contribution in [0.1, 0.15) is 13.3 Å². The molecule has 0 saturated carbocycles. The molecule has 0 aliphatic carbocycles. The van der Waals surface area contributed by atoms with Crippen LogP contribution in [0, 0.1) is 10.1 Å². The van der Waals surface area contributed by atoms with Crippen molar-refractivity contribution in [2.75, 3.05) is 5.73 Å². The van der Waals surface area contributed by atoms with Gasteiger partial charge >= 0.3 is 5.69 Å². The van der Waals surface area contributed by atoms with Gasteiger partial charge in [0.15, 0.2) is 5.16 Å². The van der Waals surface area contributed by atoms with Crippen molar-refractivity contribution in [3.8, 4) is 0 Å². The predicted octanol–water partition coefficient (Wildman–Crippen LogP) is 1.02. The predicted molar refractivity (Wildman–Crippen MR) is 72.6 cm³/mol. The highest BCUT2D eigenvalue weighted by atomic mass is 32.2. The van der Waals surface area contributed by atoms with E-state index >= 15 is 0 Å². The van der Waals surface area contributed by atoms with Gasteiger partial charge in [-0.3, -0.25) is 14.7 Å². The van der Waals surface area contributed by atoms with Gasteiger partial charge in [-0.25, -0.2) is 14.9 Å². The minimum Gasteiger partial charge on any atom is -0.383 e. The molecule has 0 unspecified atom stereocenters. The van der Waals surface area contributed by atoms with Gasteiger partial charge in [-0.2, -0.15) is 0 Å². The highest BCUT2D eigenvalue weighted by Crippen LogP contribution is 2.27. The van der Waals surface area contributed by atoms with E-state index in [0.717, 1.165) is 18.2 Å². The van der Waals surface area contributed by atoms with Gasteiger partial charge in [0.05, 0.1) is 11.0 Å². The summed E-state index contributed by atoms with van der Waals surface area (Å²) in [6.07, 6.45) is 0.761. The van der Waals surface area contributed by atoms with Crippen LogP contribution in [0.25, 0.3) is 0 Å². The van der Waals surface area contributed by atoms with Crippen LogP contribution in [0.4, 0.5) is 11.5 Å². The first-order chi connectivity index (χ1) is 9.51. The normalized spacial score (nSPS) is 10.7. The lowest BCUT2D eigenvalue weighted by molar-refractivity contribution is -0.385. The van der Waals surface area contributed by atoms with E-state index in [0.29, 0.717) is 16.7 Å². The second kappa shape index (κ2) is 5.74. The van der Waals surface area contributed by atoms with Gasteiger partial charge in [-0.15, -0.1) is 5.10 Å². The molecule has 0 atom stereocenters. The average Bonchev–Trinajstić information content (AvgIpc) is 2.71. The Morgan fingerprint density at radius 1 is 1.55 bits per heavy atom. The monoisotopic (exact) mass is 296 g/mol. The maximum absolute atomic E-state index is 11.5. The zero-order valence-electron chi connectivity index (χ0n) is 10.6. The van der Waals surface area contributed by atoms with Gasteiger partial charge in [-0.05, 0) is 18.2 Å². The van der Waals surface area contributed by atoms with Crippen molar-refractivity contribution in [1.82, 2.24) is 19.7 Å². The minimum atomic E-state index is -0.550. The number of nitrogen functional groups attached to an aromatic ring is 1. The van der Waals surface area contributed by atoms with Crippen LogP contribution in [-0.4, -0.2) is 24.7 Å². The molecule has 0 aromatic carbocycles. The molecule has 9 nitrogen and oxygen atoms in total. The number of H-pyrrole nitrogens is 1. The van der Waals surface area contributed by atoms with Crippen molar-refractivity contribution >= 4 is 23.3 Å². The van der Waals surface area contributed by atoms with E-state index in [1.165, 1.54) is 16.7 Å². The van der Waals surface area contributed by atoms with Gasteiger partial charge in [0.2, 0.25) is 0 Å². The van der Waals surface area contributed by atoms with Crippen LogP contribution < -0.4 is 11.4 Å². The van der Waals surface area contributed by atoms with Crippen LogP contribution in [0.2, 0.25) is 0 Å². The smallest absolute Gasteiger partial charge is 0.343 e. The molecule has 0 amide bonds. The summed E-state index contributed by atoms with van der Waals surface area (Å²) in [5, 5.41) is 17.7. The summed E-state index contributed by atoms with van der Waals surface area (Å²) in [6.45, 7) is 2.43. The number of hydrogen-bond donors (Lipinski definition) is 2. The first-order valence-electron chi connectivity index (χ1n) is 5.76. The largest absolute Gasteiger partial charge is 0.383 e. The number of nitrogens with one attached hydrogen (secondary N) is 1. The summed E-state index contributed by atoms with van der Waals surface area (Å²) < 4.78 is 1.45. The Morgan fingerprint density at radius 2 is 2.30 bits per heavy atom. The SMILES string of the molecule is CCCn1c(Sc2cc([N+](=O)[O-])cc(N)n2)n[nH]c1=O. The summed E-state index contributed by atoms with van der Waals surface area (Å²) in [5.74, 6) is 0.0432. The Labute approximate surface area is 117 Å². The lowest BCUT2D eigenvalue weighted by Gasteiger charge is -2.03. The topological polar surface area (TPSA) is 133 Å². The van der Waals surface area contributed by atoms with Gasteiger partial charge in [-0.1, -0.05) is 6.92 Å². The lowest BCUT2D eigenvalue weighted by Crippen LogP contribution is -2.17. The number of aromatic nitrogens is 4. The fourth-order valence-electron chi connectivity index (χ4n) is 1.56. The van der Waals surface area contributed by atoms with Gasteiger partial charge in [0.25, 0.3) is 5.69 Å². The molecule has 2 heterocycles. The molecule has 2 rings (SSSR count). The summed E-state index contributed by atoms with van der Waals surface area (Å²) in [6, 6.07) is 2.46. The molecular formula is C10H12N6O3S. The van der Waals surface area contributed by atoms with Crippen LogP contribution in [0.15, 0.2) is 27.1 Å². The Morgan fingerprint density at radius 3 is 2.95 bits per heavy atom. The molecule has 3 N–H and O–H groups in total. The molecule has 0 fully saturated rings. The van der Waals surface area contributed by atoms with Crippen LogP contribution in [-0.2, 0) is 6.54 Å². The Balaban J connectivity index is 2.35. The number of nitrogens with zero attached hydrogens (tertiary/aromatic N) is 4. The molecule has 0 radical (unpaired) electrons. The molecular weight excluding hydrogens is 284 g/mol. The molecule has 10 heteroatoms. The van der Waals surface area contributed by atoms with Crippen LogP contribution in [0.3, 0.4) is 0 Å². The molecule has 0 saturated heterocycles. The first kappa shape index (κ1) is 14.1. The Kier molecular flexibility index (Phi) is 4.03. The summed E-state index contributed by atoms with van der Waals surface area (Å²) >= 11 is 1.05.